The lowest BCUT2D eigenvalue weighted by Gasteiger charge is -2.28. The second-order valence-electron chi connectivity index (χ2n) is 7.24. The van der Waals surface area contributed by atoms with Crippen LogP contribution >= 0.6 is 0 Å². The van der Waals surface area contributed by atoms with Gasteiger partial charge in [-0.15, -0.1) is 0 Å². The molecule has 25 heavy (non-hydrogen) atoms. The summed E-state index contributed by atoms with van der Waals surface area (Å²) < 4.78 is 2.03. The van der Waals surface area contributed by atoms with E-state index in [-0.39, 0.29) is 17.9 Å². The van der Waals surface area contributed by atoms with Crippen LogP contribution < -0.4 is 10.6 Å². The van der Waals surface area contributed by atoms with Crippen LogP contribution in [0.2, 0.25) is 0 Å². The average molecular weight is 338 g/mol. The van der Waals surface area contributed by atoms with Crippen LogP contribution in [-0.4, -0.2) is 28.8 Å². The van der Waals surface area contributed by atoms with Crippen LogP contribution in [0.15, 0.2) is 30.5 Å². The van der Waals surface area contributed by atoms with Crippen molar-refractivity contribution in [2.24, 2.45) is 5.92 Å². The first-order valence-corrected chi connectivity index (χ1v) is 9.37. The topological polar surface area (TPSA) is 59.0 Å². The van der Waals surface area contributed by atoms with Crippen molar-refractivity contribution in [3.05, 3.63) is 47.2 Å². The molecular weight excluding hydrogens is 312 g/mol. The number of hydrogen-bond acceptors (Lipinski definition) is 3. The summed E-state index contributed by atoms with van der Waals surface area (Å²) in [7, 11) is 0. The monoisotopic (exact) mass is 338 g/mol. The lowest BCUT2D eigenvalue weighted by atomic mass is 9.88. The van der Waals surface area contributed by atoms with E-state index < -0.39 is 0 Å². The smallest absolute Gasteiger partial charge is 0.228 e. The largest absolute Gasteiger partial charge is 0.317 e. The first-order valence-electron chi connectivity index (χ1n) is 9.37. The van der Waals surface area contributed by atoms with Crippen molar-refractivity contribution in [1.29, 1.82) is 0 Å². The minimum absolute atomic E-state index is 0.0997. The molecule has 5 heteroatoms. The van der Waals surface area contributed by atoms with Crippen LogP contribution in [-0.2, 0) is 11.2 Å². The fourth-order valence-electron chi connectivity index (χ4n) is 4.13. The SMILES string of the molecule is Cc1cnn(C2CCCc3ccccc32)c1NC(=O)C1CCNCC1. The minimum Gasteiger partial charge on any atom is -0.317 e. The highest BCUT2D eigenvalue weighted by molar-refractivity contribution is 5.92. The van der Waals surface area contributed by atoms with Crippen molar-refractivity contribution in [3.63, 3.8) is 0 Å². The highest BCUT2D eigenvalue weighted by Gasteiger charge is 2.27. The molecule has 2 aliphatic rings. The van der Waals surface area contributed by atoms with Crippen molar-refractivity contribution < 1.29 is 4.79 Å². The number of hydrogen-bond donors (Lipinski definition) is 2. The Morgan fingerprint density at radius 3 is 2.88 bits per heavy atom. The van der Waals surface area contributed by atoms with Crippen LogP contribution in [0.3, 0.4) is 0 Å². The Morgan fingerprint density at radius 1 is 1.24 bits per heavy atom. The number of fused-ring (bicyclic) bond motifs is 1. The summed E-state index contributed by atoms with van der Waals surface area (Å²) in [5, 5.41) is 11.1. The molecule has 5 nitrogen and oxygen atoms in total. The van der Waals surface area contributed by atoms with Crippen molar-refractivity contribution in [2.45, 2.75) is 45.1 Å². The lowest BCUT2D eigenvalue weighted by Crippen LogP contribution is -2.35. The van der Waals surface area contributed by atoms with Gasteiger partial charge >= 0.3 is 0 Å². The molecule has 2 aromatic rings. The van der Waals surface area contributed by atoms with E-state index in [2.05, 4.69) is 40.0 Å². The predicted molar refractivity (Wildman–Crippen MR) is 98.7 cm³/mol. The van der Waals surface area contributed by atoms with Gasteiger partial charge in [-0.25, -0.2) is 4.68 Å². The van der Waals surface area contributed by atoms with E-state index in [1.807, 2.05) is 17.8 Å². The van der Waals surface area contributed by atoms with Gasteiger partial charge in [0, 0.05) is 11.5 Å². The van der Waals surface area contributed by atoms with E-state index in [0.717, 1.165) is 56.6 Å². The van der Waals surface area contributed by atoms with Gasteiger partial charge in [0.05, 0.1) is 12.2 Å². The first-order chi connectivity index (χ1) is 12.2. The number of aromatic nitrogens is 2. The second-order valence-corrected chi connectivity index (χ2v) is 7.24. The molecule has 4 rings (SSSR count). The lowest BCUT2D eigenvalue weighted by molar-refractivity contribution is -0.120. The zero-order valence-corrected chi connectivity index (χ0v) is 14.8. The summed E-state index contributed by atoms with van der Waals surface area (Å²) in [5.41, 5.74) is 3.78. The number of nitrogens with one attached hydrogen (secondary N) is 2. The van der Waals surface area contributed by atoms with Gasteiger partial charge in [-0.3, -0.25) is 4.79 Å². The Labute approximate surface area is 148 Å². The van der Waals surface area contributed by atoms with E-state index in [1.54, 1.807) is 0 Å². The molecule has 1 amide bonds. The third-order valence-electron chi connectivity index (χ3n) is 5.56. The molecule has 1 unspecified atom stereocenters. The molecule has 0 radical (unpaired) electrons. The van der Waals surface area contributed by atoms with Gasteiger partial charge < -0.3 is 10.6 Å². The molecule has 0 bridgehead atoms. The summed E-state index contributed by atoms with van der Waals surface area (Å²) in [6.07, 6.45) is 7.03. The number of aryl methyl sites for hydroxylation is 2. The molecule has 1 saturated heterocycles. The molecule has 1 atom stereocenters. The molecule has 1 aromatic heterocycles. The van der Waals surface area contributed by atoms with Crippen molar-refractivity contribution in [2.75, 3.05) is 18.4 Å². The summed E-state index contributed by atoms with van der Waals surface area (Å²) in [4.78, 5) is 12.7. The molecule has 1 aliphatic carbocycles. The summed E-state index contributed by atoms with van der Waals surface area (Å²) in [6.45, 7) is 3.87. The zero-order chi connectivity index (χ0) is 17.2. The molecule has 1 aliphatic heterocycles. The Balaban J connectivity index is 1.61. The van der Waals surface area contributed by atoms with Crippen molar-refractivity contribution in [3.8, 4) is 0 Å². The quantitative estimate of drug-likeness (QED) is 0.904. The minimum atomic E-state index is 0.0997. The van der Waals surface area contributed by atoms with Crippen LogP contribution in [0.25, 0.3) is 0 Å². The van der Waals surface area contributed by atoms with E-state index in [0.29, 0.717) is 0 Å². The van der Waals surface area contributed by atoms with E-state index in [1.165, 1.54) is 11.1 Å². The summed E-state index contributed by atoms with van der Waals surface area (Å²) in [6, 6.07) is 8.83. The number of rotatable bonds is 3. The van der Waals surface area contributed by atoms with E-state index >= 15 is 0 Å². The molecular formula is C20H26N4O. The Morgan fingerprint density at radius 2 is 2.04 bits per heavy atom. The molecule has 2 N–H and O–H groups in total. The molecule has 0 saturated carbocycles. The number of anilines is 1. The first kappa shape index (κ1) is 16.3. The third kappa shape index (κ3) is 3.21. The summed E-state index contributed by atoms with van der Waals surface area (Å²) >= 11 is 0. The highest BCUT2D eigenvalue weighted by Crippen LogP contribution is 2.35. The molecule has 0 spiro atoms. The molecule has 1 fully saturated rings. The number of carbonyl (C=O) groups excluding carboxylic acids is 1. The van der Waals surface area contributed by atoms with Gasteiger partial charge in [0.2, 0.25) is 5.91 Å². The van der Waals surface area contributed by atoms with Crippen molar-refractivity contribution in [1.82, 2.24) is 15.1 Å². The Bertz CT molecular complexity index is 761. The van der Waals surface area contributed by atoms with Crippen LogP contribution in [0, 0.1) is 12.8 Å². The third-order valence-corrected chi connectivity index (χ3v) is 5.56. The van der Waals surface area contributed by atoms with Crippen LogP contribution in [0.4, 0.5) is 5.82 Å². The van der Waals surface area contributed by atoms with Gasteiger partial charge in [0.15, 0.2) is 0 Å². The zero-order valence-electron chi connectivity index (χ0n) is 14.8. The van der Waals surface area contributed by atoms with Gasteiger partial charge in [-0.1, -0.05) is 24.3 Å². The fourth-order valence-corrected chi connectivity index (χ4v) is 4.13. The van der Waals surface area contributed by atoms with Gasteiger partial charge in [-0.2, -0.15) is 5.10 Å². The van der Waals surface area contributed by atoms with Gasteiger partial charge in [-0.05, 0) is 63.2 Å². The number of amides is 1. The Kier molecular flexibility index (Phi) is 4.57. The van der Waals surface area contributed by atoms with Crippen LogP contribution in [0.1, 0.15) is 48.4 Å². The number of benzene rings is 1. The van der Waals surface area contributed by atoms with E-state index in [4.69, 9.17) is 0 Å². The van der Waals surface area contributed by atoms with Gasteiger partial charge in [0.1, 0.15) is 5.82 Å². The summed E-state index contributed by atoms with van der Waals surface area (Å²) in [5.74, 6) is 1.10. The van der Waals surface area contributed by atoms with Gasteiger partial charge in [0.25, 0.3) is 0 Å². The maximum Gasteiger partial charge on any atom is 0.228 e. The molecule has 1 aromatic carbocycles. The number of carbonyl (C=O) groups is 1. The molecule has 2 heterocycles. The standard InChI is InChI=1S/C20H26N4O/c1-14-13-22-24(18-8-4-6-15-5-2-3-7-17(15)18)19(14)23-20(25)16-9-11-21-12-10-16/h2-3,5,7,13,16,18,21H,4,6,8-12H2,1H3,(H,23,25). The second kappa shape index (κ2) is 7.00. The maximum atomic E-state index is 12.7. The normalized spacial score (nSPS) is 20.9. The van der Waals surface area contributed by atoms with Crippen molar-refractivity contribution >= 4 is 11.7 Å². The Hall–Kier alpha value is -2.14. The van der Waals surface area contributed by atoms with Crippen LogP contribution in [0.5, 0.6) is 0 Å². The predicted octanol–water partition coefficient (Wildman–Crippen LogP) is 3.06. The molecule has 132 valence electrons. The number of piperidine rings is 1. The average Bonchev–Trinajstić information content (AvgIpc) is 3.02. The maximum absolute atomic E-state index is 12.7. The number of nitrogens with zero attached hydrogens (tertiary/aromatic N) is 2. The van der Waals surface area contributed by atoms with E-state index in [9.17, 15) is 4.79 Å². The fraction of sp³-hybridized carbons (Fsp3) is 0.500. The highest BCUT2D eigenvalue weighted by atomic mass is 16.2.